The predicted molar refractivity (Wildman–Crippen MR) is 118 cm³/mol. The van der Waals surface area contributed by atoms with Crippen LogP contribution in [0.1, 0.15) is 62.5 Å². The van der Waals surface area contributed by atoms with Gasteiger partial charge in [0.05, 0.1) is 6.61 Å². The second kappa shape index (κ2) is 10.2. The van der Waals surface area contributed by atoms with Crippen LogP contribution in [-0.4, -0.2) is 13.2 Å². The normalized spacial score (nSPS) is 27.8. The standard InChI is InChI=1S/C26H38O2/c1-5-17-27-25-15-16-26(20(4)19(25)3)28-18-22-9-13-24(14-10-22)23-11-7-21(6-2)8-12-23/h5-6,15-16,21-24H,1-2,7-14,17-18H2,3-4H3. The van der Waals surface area contributed by atoms with Gasteiger partial charge in [-0.25, -0.2) is 0 Å². The van der Waals surface area contributed by atoms with Crippen molar-refractivity contribution in [2.24, 2.45) is 23.7 Å². The lowest BCUT2D eigenvalue weighted by Gasteiger charge is -2.37. The summed E-state index contributed by atoms with van der Waals surface area (Å²) in [6, 6.07) is 4.09. The summed E-state index contributed by atoms with van der Waals surface area (Å²) in [6.45, 7) is 13.3. The Labute approximate surface area is 172 Å². The molecule has 28 heavy (non-hydrogen) atoms. The van der Waals surface area contributed by atoms with Crippen molar-refractivity contribution < 1.29 is 9.47 Å². The Morgan fingerprint density at radius 1 is 0.821 bits per heavy atom. The van der Waals surface area contributed by atoms with Gasteiger partial charge in [-0.3, -0.25) is 0 Å². The van der Waals surface area contributed by atoms with Gasteiger partial charge in [0.2, 0.25) is 0 Å². The van der Waals surface area contributed by atoms with Crippen molar-refractivity contribution >= 4 is 0 Å². The van der Waals surface area contributed by atoms with E-state index in [1.165, 1.54) is 56.9 Å². The van der Waals surface area contributed by atoms with Crippen molar-refractivity contribution in [3.63, 3.8) is 0 Å². The van der Waals surface area contributed by atoms with Crippen LogP contribution in [0.2, 0.25) is 0 Å². The highest BCUT2D eigenvalue weighted by Crippen LogP contribution is 2.41. The molecule has 0 amide bonds. The van der Waals surface area contributed by atoms with Gasteiger partial charge in [-0.05, 0) is 112 Å². The SMILES string of the molecule is C=CCOc1ccc(OCC2CCC(C3CCC(C=C)CC3)CC2)c(C)c1C. The number of hydrogen-bond acceptors (Lipinski definition) is 2. The number of benzene rings is 1. The fourth-order valence-corrected chi connectivity index (χ4v) is 5.12. The Bertz CT molecular complexity index is 647. The summed E-state index contributed by atoms with van der Waals surface area (Å²) in [5.74, 6) is 5.33. The molecule has 3 rings (SSSR count). The van der Waals surface area contributed by atoms with Gasteiger partial charge >= 0.3 is 0 Å². The molecular weight excluding hydrogens is 344 g/mol. The molecule has 2 nitrogen and oxygen atoms in total. The minimum Gasteiger partial charge on any atom is -0.493 e. The van der Waals surface area contributed by atoms with E-state index in [4.69, 9.17) is 9.47 Å². The van der Waals surface area contributed by atoms with Crippen molar-refractivity contribution in [3.05, 3.63) is 48.6 Å². The van der Waals surface area contributed by atoms with E-state index in [-0.39, 0.29) is 0 Å². The average molecular weight is 383 g/mol. The van der Waals surface area contributed by atoms with Gasteiger partial charge < -0.3 is 9.47 Å². The van der Waals surface area contributed by atoms with E-state index in [2.05, 4.69) is 39.1 Å². The monoisotopic (exact) mass is 382 g/mol. The Morgan fingerprint density at radius 2 is 1.36 bits per heavy atom. The van der Waals surface area contributed by atoms with Gasteiger partial charge in [0, 0.05) is 0 Å². The van der Waals surface area contributed by atoms with E-state index >= 15 is 0 Å². The Hall–Kier alpha value is -1.70. The molecule has 0 spiro atoms. The van der Waals surface area contributed by atoms with Crippen LogP contribution in [0.25, 0.3) is 0 Å². The summed E-state index contributed by atoms with van der Waals surface area (Å²) in [4.78, 5) is 0. The van der Waals surface area contributed by atoms with Crippen molar-refractivity contribution in [1.29, 1.82) is 0 Å². The fraction of sp³-hybridized carbons (Fsp3) is 0.615. The zero-order valence-electron chi connectivity index (χ0n) is 17.9. The summed E-state index contributed by atoms with van der Waals surface area (Å²) in [5, 5.41) is 0. The lowest BCUT2D eigenvalue weighted by atomic mass is 9.69. The third kappa shape index (κ3) is 5.21. The fourth-order valence-electron chi connectivity index (χ4n) is 5.12. The van der Waals surface area contributed by atoms with Crippen LogP contribution in [-0.2, 0) is 0 Å². The number of hydrogen-bond donors (Lipinski definition) is 0. The molecule has 0 radical (unpaired) electrons. The molecule has 0 bridgehead atoms. The zero-order valence-corrected chi connectivity index (χ0v) is 17.9. The maximum atomic E-state index is 6.24. The highest BCUT2D eigenvalue weighted by Gasteiger charge is 2.30. The van der Waals surface area contributed by atoms with E-state index in [1.807, 2.05) is 6.07 Å². The first-order chi connectivity index (χ1) is 13.6. The third-order valence-corrected chi connectivity index (χ3v) is 7.23. The molecule has 2 aliphatic rings. The first-order valence-electron chi connectivity index (χ1n) is 11.2. The van der Waals surface area contributed by atoms with Gasteiger partial charge in [-0.2, -0.15) is 0 Å². The Kier molecular flexibility index (Phi) is 7.65. The maximum Gasteiger partial charge on any atom is 0.123 e. The van der Waals surface area contributed by atoms with Gasteiger partial charge in [-0.1, -0.05) is 18.7 Å². The van der Waals surface area contributed by atoms with E-state index < -0.39 is 0 Å². The maximum absolute atomic E-state index is 6.24. The number of allylic oxidation sites excluding steroid dienone is 1. The van der Waals surface area contributed by atoms with Crippen LogP contribution >= 0.6 is 0 Å². The minimum absolute atomic E-state index is 0.541. The summed E-state index contributed by atoms with van der Waals surface area (Å²) >= 11 is 0. The molecule has 1 aromatic carbocycles. The highest BCUT2D eigenvalue weighted by atomic mass is 16.5. The highest BCUT2D eigenvalue weighted by molar-refractivity contribution is 5.47. The average Bonchev–Trinajstić information content (AvgIpc) is 2.74. The summed E-state index contributed by atoms with van der Waals surface area (Å²) in [5.41, 5.74) is 2.35. The molecule has 154 valence electrons. The van der Waals surface area contributed by atoms with Crippen molar-refractivity contribution in [3.8, 4) is 11.5 Å². The third-order valence-electron chi connectivity index (χ3n) is 7.23. The lowest BCUT2D eigenvalue weighted by Crippen LogP contribution is -2.27. The molecule has 1 aromatic rings. The number of rotatable bonds is 8. The molecule has 0 unspecified atom stereocenters. The Balaban J connectivity index is 1.45. The summed E-state index contributed by atoms with van der Waals surface area (Å²) in [7, 11) is 0. The van der Waals surface area contributed by atoms with Crippen LogP contribution < -0.4 is 9.47 Å². The molecule has 0 aliphatic heterocycles. The Morgan fingerprint density at radius 3 is 1.89 bits per heavy atom. The van der Waals surface area contributed by atoms with Crippen LogP contribution in [0.4, 0.5) is 0 Å². The molecule has 0 heterocycles. The molecule has 2 aliphatic carbocycles. The quantitative estimate of drug-likeness (QED) is 0.449. The molecule has 2 heteroatoms. The summed E-state index contributed by atoms with van der Waals surface area (Å²) in [6.07, 6.45) is 14.9. The van der Waals surface area contributed by atoms with E-state index in [9.17, 15) is 0 Å². The number of ether oxygens (including phenoxy) is 2. The van der Waals surface area contributed by atoms with Crippen LogP contribution in [0.3, 0.4) is 0 Å². The zero-order chi connectivity index (χ0) is 19.9. The topological polar surface area (TPSA) is 18.5 Å². The van der Waals surface area contributed by atoms with Crippen molar-refractivity contribution in [2.45, 2.75) is 65.2 Å². The molecule has 0 N–H and O–H groups in total. The first-order valence-corrected chi connectivity index (χ1v) is 11.2. The van der Waals surface area contributed by atoms with Crippen LogP contribution in [0, 0.1) is 37.5 Å². The molecule has 0 atom stereocenters. The predicted octanol–water partition coefficient (Wildman–Crippen LogP) is 7.05. The largest absolute Gasteiger partial charge is 0.493 e. The summed E-state index contributed by atoms with van der Waals surface area (Å²) < 4.78 is 12.0. The second-order valence-corrected chi connectivity index (χ2v) is 8.91. The molecule has 2 fully saturated rings. The van der Waals surface area contributed by atoms with E-state index in [1.54, 1.807) is 6.08 Å². The van der Waals surface area contributed by atoms with E-state index in [0.717, 1.165) is 41.4 Å². The van der Waals surface area contributed by atoms with Gasteiger partial charge in [0.25, 0.3) is 0 Å². The van der Waals surface area contributed by atoms with Gasteiger partial charge in [-0.15, -0.1) is 6.58 Å². The van der Waals surface area contributed by atoms with Crippen molar-refractivity contribution in [2.75, 3.05) is 13.2 Å². The molecule has 2 saturated carbocycles. The molecule has 0 saturated heterocycles. The van der Waals surface area contributed by atoms with E-state index in [0.29, 0.717) is 12.5 Å². The first kappa shape index (κ1) is 21.0. The molecule has 0 aromatic heterocycles. The lowest BCUT2D eigenvalue weighted by molar-refractivity contribution is 0.129. The minimum atomic E-state index is 0.541. The smallest absolute Gasteiger partial charge is 0.123 e. The van der Waals surface area contributed by atoms with Crippen LogP contribution in [0.5, 0.6) is 11.5 Å². The molecular formula is C26H38O2. The van der Waals surface area contributed by atoms with Gasteiger partial charge in [0.15, 0.2) is 0 Å². The van der Waals surface area contributed by atoms with Crippen molar-refractivity contribution in [1.82, 2.24) is 0 Å². The van der Waals surface area contributed by atoms with Crippen LogP contribution in [0.15, 0.2) is 37.4 Å². The van der Waals surface area contributed by atoms with Gasteiger partial charge in [0.1, 0.15) is 18.1 Å². The second-order valence-electron chi connectivity index (χ2n) is 8.91.